The molecule has 2 aromatic heterocycles. The van der Waals surface area contributed by atoms with Gasteiger partial charge in [0.05, 0.1) is 22.6 Å². The molecular formula is C19H20N4O2. The summed E-state index contributed by atoms with van der Waals surface area (Å²) in [4.78, 5) is 34.4. The summed E-state index contributed by atoms with van der Waals surface area (Å²) in [5, 5.41) is 0. The van der Waals surface area contributed by atoms with Crippen molar-refractivity contribution in [2.45, 2.75) is 25.8 Å². The van der Waals surface area contributed by atoms with Gasteiger partial charge < -0.3 is 14.5 Å². The van der Waals surface area contributed by atoms with Crippen LogP contribution in [0.25, 0.3) is 11.0 Å². The van der Waals surface area contributed by atoms with Gasteiger partial charge in [0.2, 0.25) is 5.56 Å². The lowest BCUT2D eigenvalue weighted by molar-refractivity contribution is 0.0729. The van der Waals surface area contributed by atoms with E-state index in [1.165, 1.54) is 16.2 Å². The number of pyridine rings is 1. The van der Waals surface area contributed by atoms with E-state index in [2.05, 4.69) is 16.0 Å². The molecule has 3 heterocycles. The van der Waals surface area contributed by atoms with Crippen molar-refractivity contribution in [2.24, 2.45) is 7.05 Å². The molecule has 0 saturated carbocycles. The maximum atomic E-state index is 12.9. The molecule has 0 bridgehead atoms. The molecular weight excluding hydrogens is 316 g/mol. The van der Waals surface area contributed by atoms with Crippen LogP contribution in [0.15, 0.2) is 41.3 Å². The van der Waals surface area contributed by atoms with Crippen LogP contribution in [-0.2, 0) is 7.05 Å². The first-order valence-electron chi connectivity index (χ1n) is 8.47. The highest BCUT2D eigenvalue weighted by Crippen LogP contribution is 2.32. The highest BCUT2D eigenvalue weighted by molar-refractivity contribution is 5.94. The van der Waals surface area contributed by atoms with Gasteiger partial charge >= 0.3 is 0 Å². The summed E-state index contributed by atoms with van der Waals surface area (Å²) in [6.07, 6.45) is 3.43. The molecule has 0 aliphatic carbocycles. The van der Waals surface area contributed by atoms with E-state index in [1.54, 1.807) is 19.3 Å². The van der Waals surface area contributed by atoms with Crippen LogP contribution in [0.5, 0.6) is 0 Å². The van der Waals surface area contributed by atoms with Crippen molar-refractivity contribution in [1.82, 2.24) is 19.4 Å². The molecule has 1 aliphatic rings. The van der Waals surface area contributed by atoms with E-state index in [4.69, 9.17) is 0 Å². The van der Waals surface area contributed by atoms with Crippen LogP contribution in [0.1, 0.15) is 40.6 Å². The lowest BCUT2D eigenvalue weighted by atomic mass is 10.2. The Morgan fingerprint density at radius 3 is 2.92 bits per heavy atom. The monoisotopic (exact) mass is 336 g/mol. The van der Waals surface area contributed by atoms with E-state index in [0.29, 0.717) is 12.1 Å². The molecule has 1 aliphatic heterocycles. The number of nitrogens with zero attached hydrogens (tertiary/aromatic N) is 3. The third kappa shape index (κ3) is 2.73. The Balaban J connectivity index is 1.68. The van der Waals surface area contributed by atoms with E-state index in [-0.39, 0.29) is 17.5 Å². The van der Waals surface area contributed by atoms with Crippen LogP contribution in [0.3, 0.4) is 0 Å². The van der Waals surface area contributed by atoms with Crippen molar-refractivity contribution >= 4 is 16.9 Å². The van der Waals surface area contributed by atoms with Crippen molar-refractivity contribution < 1.29 is 4.79 Å². The van der Waals surface area contributed by atoms with Gasteiger partial charge in [-0.1, -0.05) is 6.07 Å². The average molecular weight is 336 g/mol. The quantitative estimate of drug-likeness (QED) is 0.782. The number of aromatic amines is 1. The Hall–Kier alpha value is -2.89. The normalized spacial score (nSPS) is 17.4. The number of nitrogens with one attached hydrogen (secondary N) is 1. The van der Waals surface area contributed by atoms with Crippen molar-refractivity contribution in [1.29, 1.82) is 0 Å². The van der Waals surface area contributed by atoms with Gasteiger partial charge in [-0.05, 0) is 43.5 Å². The summed E-state index contributed by atoms with van der Waals surface area (Å²) in [6, 6.07) is 9.08. The maximum absolute atomic E-state index is 12.9. The number of amides is 1. The summed E-state index contributed by atoms with van der Waals surface area (Å²) in [6.45, 7) is 2.74. The Morgan fingerprint density at radius 1 is 1.28 bits per heavy atom. The Morgan fingerprint density at radius 2 is 2.12 bits per heavy atom. The number of hydrogen-bond donors (Lipinski definition) is 1. The minimum absolute atomic E-state index is 0.0579. The fourth-order valence-electron chi connectivity index (χ4n) is 3.48. The summed E-state index contributed by atoms with van der Waals surface area (Å²) in [7, 11) is 1.65. The summed E-state index contributed by atoms with van der Waals surface area (Å²) in [5.41, 5.74) is 3.49. The molecule has 1 saturated heterocycles. The molecule has 3 aromatic rings. The summed E-state index contributed by atoms with van der Waals surface area (Å²) < 4.78 is 1.43. The number of benzene rings is 1. The molecule has 1 atom stereocenters. The second-order valence-corrected chi connectivity index (χ2v) is 6.67. The third-order valence-electron chi connectivity index (χ3n) is 4.82. The molecule has 1 aromatic carbocycles. The first-order chi connectivity index (χ1) is 12.0. The SMILES string of the molecule is Cc1ccc2nc([C@H]3CCCN3C(=O)c3ccc(=O)n(C)c3)[nH]c2c1. The molecule has 128 valence electrons. The Kier molecular flexibility index (Phi) is 3.67. The van der Waals surface area contributed by atoms with Gasteiger partial charge in [0.1, 0.15) is 5.82 Å². The minimum atomic E-state index is -0.123. The van der Waals surface area contributed by atoms with Crippen LogP contribution in [0.2, 0.25) is 0 Å². The number of likely N-dealkylation sites (tertiary alicyclic amines) is 1. The zero-order chi connectivity index (χ0) is 17.6. The molecule has 1 N–H and O–H groups in total. The number of carbonyl (C=O) groups is 1. The predicted molar refractivity (Wildman–Crippen MR) is 95.5 cm³/mol. The van der Waals surface area contributed by atoms with Crippen molar-refractivity contribution in [2.75, 3.05) is 6.54 Å². The number of fused-ring (bicyclic) bond motifs is 1. The van der Waals surface area contributed by atoms with Gasteiger partial charge in [0.15, 0.2) is 0 Å². The number of aromatic nitrogens is 3. The molecule has 0 radical (unpaired) electrons. The number of carbonyl (C=O) groups excluding carboxylic acids is 1. The minimum Gasteiger partial charge on any atom is -0.340 e. The maximum Gasteiger partial charge on any atom is 0.255 e. The summed E-state index contributed by atoms with van der Waals surface area (Å²) >= 11 is 0. The molecule has 4 rings (SSSR count). The van der Waals surface area contributed by atoms with E-state index in [1.807, 2.05) is 24.0 Å². The lowest BCUT2D eigenvalue weighted by Gasteiger charge is -2.23. The topological polar surface area (TPSA) is 71.0 Å². The number of imidazole rings is 1. The average Bonchev–Trinajstić information content (AvgIpc) is 3.22. The van der Waals surface area contributed by atoms with Crippen LogP contribution in [0.4, 0.5) is 0 Å². The largest absolute Gasteiger partial charge is 0.340 e. The first-order valence-corrected chi connectivity index (χ1v) is 8.47. The van der Waals surface area contributed by atoms with Crippen molar-refractivity contribution in [3.05, 3.63) is 63.8 Å². The third-order valence-corrected chi connectivity index (χ3v) is 4.82. The van der Waals surface area contributed by atoms with Crippen LogP contribution >= 0.6 is 0 Å². The number of rotatable bonds is 2. The second kappa shape index (κ2) is 5.88. The van der Waals surface area contributed by atoms with Crippen molar-refractivity contribution in [3.8, 4) is 0 Å². The highest BCUT2D eigenvalue weighted by atomic mass is 16.2. The fourth-order valence-corrected chi connectivity index (χ4v) is 3.48. The van der Waals surface area contributed by atoms with E-state index in [9.17, 15) is 9.59 Å². The molecule has 25 heavy (non-hydrogen) atoms. The molecule has 6 nitrogen and oxygen atoms in total. The molecule has 0 unspecified atom stereocenters. The van der Waals surface area contributed by atoms with Crippen LogP contribution < -0.4 is 5.56 Å². The zero-order valence-electron chi connectivity index (χ0n) is 14.3. The molecule has 0 spiro atoms. The van der Waals surface area contributed by atoms with Gasteiger partial charge in [-0.25, -0.2) is 4.98 Å². The molecule has 1 amide bonds. The molecule has 6 heteroatoms. The standard InChI is InChI=1S/C19H20N4O2/c1-12-5-7-14-15(10-12)21-18(20-14)16-4-3-9-23(16)19(25)13-6-8-17(24)22(2)11-13/h5-8,10-11,16H,3-4,9H2,1-2H3,(H,20,21)/t16-/m1/s1. The zero-order valence-corrected chi connectivity index (χ0v) is 14.3. The fraction of sp³-hybridized carbons (Fsp3) is 0.316. The second-order valence-electron chi connectivity index (χ2n) is 6.67. The summed E-state index contributed by atoms with van der Waals surface area (Å²) in [5.74, 6) is 0.769. The first kappa shape index (κ1) is 15.6. The van der Waals surface area contributed by atoms with Gasteiger partial charge in [-0.15, -0.1) is 0 Å². The smallest absolute Gasteiger partial charge is 0.255 e. The van der Waals surface area contributed by atoms with Gasteiger partial charge in [0, 0.05) is 25.9 Å². The Labute approximate surface area is 145 Å². The van der Waals surface area contributed by atoms with E-state index in [0.717, 1.165) is 29.7 Å². The number of hydrogen-bond acceptors (Lipinski definition) is 3. The highest BCUT2D eigenvalue weighted by Gasteiger charge is 2.32. The lowest BCUT2D eigenvalue weighted by Crippen LogP contribution is -2.32. The molecule has 1 fully saturated rings. The van der Waals surface area contributed by atoms with Gasteiger partial charge in [-0.3, -0.25) is 9.59 Å². The van der Waals surface area contributed by atoms with E-state index >= 15 is 0 Å². The van der Waals surface area contributed by atoms with Gasteiger partial charge in [-0.2, -0.15) is 0 Å². The van der Waals surface area contributed by atoms with Crippen molar-refractivity contribution in [3.63, 3.8) is 0 Å². The van der Waals surface area contributed by atoms with Crippen LogP contribution in [0, 0.1) is 6.92 Å². The van der Waals surface area contributed by atoms with Crippen LogP contribution in [-0.4, -0.2) is 31.9 Å². The Bertz CT molecular complexity index is 1020. The van der Waals surface area contributed by atoms with Gasteiger partial charge in [0.25, 0.3) is 5.91 Å². The van der Waals surface area contributed by atoms with E-state index < -0.39 is 0 Å². The number of aryl methyl sites for hydroxylation is 2. The predicted octanol–water partition coefficient (Wildman–Crippen LogP) is 2.55. The number of H-pyrrole nitrogens is 1.